The fraction of sp³-hybridized carbons (Fsp3) is 0.550. The third-order valence-corrected chi connectivity index (χ3v) is 5.33. The lowest BCUT2D eigenvalue weighted by Crippen LogP contribution is -2.38. The number of ketones is 1. The molecule has 0 fully saturated rings. The number of carbonyl (C=O) groups is 1. The van der Waals surface area contributed by atoms with Gasteiger partial charge in [0, 0.05) is 12.6 Å². The number of nitrogens with one attached hydrogen (secondary N) is 1. The summed E-state index contributed by atoms with van der Waals surface area (Å²) in [5, 5.41) is 8.06. The van der Waals surface area contributed by atoms with Gasteiger partial charge in [-0.2, -0.15) is 5.10 Å². The number of nitrogens with zero attached hydrogens (tertiary/aromatic N) is 3. The van der Waals surface area contributed by atoms with E-state index in [-0.39, 0.29) is 17.4 Å². The number of rotatable bonds is 6. The number of hydrogen-bond donors (Lipinski definition) is 1. The third kappa shape index (κ3) is 3.46. The Bertz CT molecular complexity index is 731. The fourth-order valence-corrected chi connectivity index (χ4v) is 3.66. The summed E-state index contributed by atoms with van der Waals surface area (Å²) in [6.07, 6.45) is 7.06. The van der Waals surface area contributed by atoms with Gasteiger partial charge in [-0.3, -0.25) is 9.78 Å². The normalized spacial score (nSPS) is 18.7. The Kier molecular flexibility index (Phi) is 4.93. The molecule has 134 valence electrons. The lowest BCUT2D eigenvalue weighted by Gasteiger charge is -2.38. The monoisotopic (exact) mass is 340 g/mol. The number of Topliss-reactive ketones (excluding diaryl/α,β-unsaturated/α-hetero) is 1. The minimum absolute atomic E-state index is 0.0834. The van der Waals surface area contributed by atoms with Crippen LogP contribution in [-0.4, -0.2) is 20.5 Å². The molecule has 2 aromatic rings. The van der Waals surface area contributed by atoms with Crippen molar-refractivity contribution in [2.75, 3.05) is 5.32 Å². The van der Waals surface area contributed by atoms with Crippen molar-refractivity contribution in [2.24, 2.45) is 5.92 Å². The van der Waals surface area contributed by atoms with Crippen LogP contribution in [0.2, 0.25) is 0 Å². The van der Waals surface area contributed by atoms with Gasteiger partial charge in [-0.25, -0.2) is 4.68 Å². The van der Waals surface area contributed by atoms with Crippen LogP contribution in [0.15, 0.2) is 30.6 Å². The van der Waals surface area contributed by atoms with Gasteiger partial charge in [-0.05, 0) is 38.3 Å². The molecule has 2 aromatic heterocycles. The van der Waals surface area contributed by atoms with Crippen molar-refractivity contribution in [3.05, 3.63) is 41.9 Å². The van der Waals surface area contributed by atoms with Crippen LogP contribution < -0.4 is 5.32 Å². The number of fused-ring (bicyclic) bond motifs is 1. The van der Waals surface area contributed by atoms with Crippen molar-refractivity contribution < 1.29 is 4.79 Å². The molecular formula is C20H28N4O. The maximum atomic E-state index is 12.9. The van der Waals surface area contributed by atoms with Gasteiger partial charge in [-0.15, -0.1) is 0 Å². The number of pyridine rings is 1. The van der Waals surface area contributed by atoms with Gasteiger partial charge in [0.2, 0.25) is 0 Å². The highest BCUT2D eigenvalue weighted by Crippen LogP contribution is 2.39. The minimum atomic E-state index is -0.170. The topological polar surface area (TPSA) is 59.8 Å². The molecule has 1 aliphatic rings. The fourth-order valence-electron chi connectivity index (χ4n) is 3.66. The molecule has 0 amide bonds. The summed E-state index contributed by atoms with van der Waals surface area (Å²) in [5.41, 5.74) is 1.54. The zero-order chi connectivity index (χ0) is 18.0. The molecule has 0 saturated carbocycles. The molecule has 0 aromatic carbocycles. The molecule has 1 aliphatic heterocycles. The highest BCUT2D eigenvalue weighted by atomic mass is 16.1. The molecule has 1 N–H and O–H groups in total. The summed E-state index contributed by atoms with van der Waals surface area (Å²) in [4.78, 5) is 17.3. The first-order chi connectivity index (χ1) is 12.0. The molecule has 0 spiro atoms. The molecule has 5 nitrogen and oxygen atoms in total. The molecule has 3 heterocycles. The number of anilines is 1. The summed E-state index contributed by atoms with van der Waals surface area (Å²) in [5.74, 6) is 1.45. The van der Waals surface area contributed by atoms with Crippen LogP contribution >= 0.6 is 0 Å². The van der Waals surface area contributed by atoms with Gasteiger partial charge in [0.15, 0.2) is 5.78 Å². The second kappa shape index (κ2) is 6.98. The van der Waals surface area contributed by atoms with Crippen LogP contribution in [0.3, 0.4) is 0 Å². The smallest absolute Gasteiger partial charge is 0.168 e. The number of aromatic nitrogens is 3. The predicted molar refractivity (Wildman–Crippen MR) is 99.8 cm³/mol. The molecule has 0 saturated heterocycles. The van der Waals surface area contributed by atoms with Gasteiger partial charge in [0.25, 0.3) is 0 Å². The lowest BCUT2D eigenvalue weighted by molar-refractivity contribution is 0.0959. The average molecular weight is 340 g/mol. The van der Waals surface area contributed by atoms with E-state index in [0.717, 1.165) is 30.8 Å². The van der Waals surface area contributed by atoms with E-state index in [4.69, 9.17) is 0 Å². The molecule has 1 unspecified atom stereocenters. The number of carbonyl (C=O) groups excluding carboxylic acids is 1. The summed E-state index contributed by atoms with van der Waals surface area (Å²) in [6, 6.07) is 6.04. The lowest BCUT2D eigenvalue weighted by atomic mass is 9.90. The van der Waals surface area contributed by atoms with E-state index >= 15 is 0 Å². The molecule has 3 rings (SSSR count). The van der Waals surface area contributed by atoms with Crippen molar-refractivity contribution >= 4 is 11.6 Å². The van der Waals surface area contributed by atoms with Crippen molar-refractivity contribution in [2.45, 2.75) is 65.0 Å². The predicted octanol–water partition coefficient (Wildman–Crippen LogP) is 4.58. The van der Waals surface area contributed by atoms with Crippen molar-refractivity contribution in [1.82, 2.24) is 14.8 Å². The van der Waals surface area contributed by atoms with E-state index in [9.17, 15) is 4.79 Å². The van der Waals surface area contributed by atoms with E-state index in [0.29, 0.717) is 17.9 Å². The average Bonchev–Trinajstić information content (AvgIpc) is 3.05. The second-order valence-electron chi connectivity index (χ2n) is 7.60. The van der Waals surface area contributed by atoms with E-state index < -0.39 is 0 Å². The molecule has 0 aliphatic carbocycles. The Labute approximate surface area is 149 Å². The molecule has 25 heavy (non-hydrogen) atoms. The van der Waals surface area contributed by atoms with Crippen LogP contribution in [-0.2, 0) is 5.54 Å². The molecular weight excluding hydrogens is 312 g/mol. The van der Waals surface area contributed by atoms with Crippen LogP contribution in [0.25, 0.3) is 0 Å². The van der Waals surface area contributed by atoms with Crippen molar-refractivity contribution in [3.63, 3.8) is 0 Å². The summed E-state index contributed by atoms with van der Waals surface area (Å²) >= 11 is 0. The van der Waals surface area contributed by atoms with Crippen molar-refractivity contribution in [3.8, 4) is 0 Å². The zero-order valence-corrected chi connectivity index (χ0v) is 15.6. The molecule has 1 atom stereocenters. The van der Waals surface area contributed by atoms with Crippen LogP contribution in [0.5, 0.6) is 0 Å². The summed E-state index contributed by atoms with van der Waals surface area (Å²) < 4.78 is 1.96. The first-order valence-corrected chi connectivity index (χ1v) is 9.25. The highest BCUT2D eigenvalue weighted by molar-refractivity contribution is 6.00. The Morgan fingerprint density at radius 3 is 2.76 bits per heavy atom. The molecule has 0 bridgehead atoms. The first kappa shape index (κ1) is 17.6. The number of hydrogen-bond acceptors (Lipinski definition) is 4. The summed E-state index contributed by atoms with van der Waals surface area (Å²) in [7, 11) is 0. The SMILES string of the molecule is CCC(CC)CC(=O)c1cnn2c1NC(c1ccccn1)CC2(C)C. The van der Waals surface area contributed by atoms with Gasteiger partial charge >= 0.3 is 0 Å². The van der Waals surface area contributed by atoms with Gasteiger partial charge < -0.3 is 5.32 Å². The standard InChI is InChI=1S/C20H28N4O/c1-5-14(6-2)11-18(25)15-13-22-24-19(15)23-17(12-20(24,3)4)16-9-7-8-10-21-16/h7-10,13-14,17,23H,5-6,11-12H2,1-4H3. The van der Waals surface area contributed by atoms with E-state index in [1.807, 2.05) is 29.1 Å². The third-order valence-electron chi connectivity index (χ3n) is 5.33. The van der Waals surface area contributed by atoms with Gasteiger partial charge in [0.1, 0.15) is 5.82 Å². The minimum Gasteiger partial charge on any atom is -0.361 e. The van der Waals surface area contributed by atoms with Crippen LogP contribution in [0, 0.1) is 5.92 Å². The maximum Gasteiger partial charge on any atom is 0.168 e. The second-order valence-corrected chi connectivity index (χ2v) is 7.60. The Morgan fingerprint density at radius 1 is 1.36 bits per heavy atom. The van der Waals surface area contributed by atoms with E-state index in [1.54, 1.807) is 6.20 Å². The van der Waals surface area contributed by atoms with Crippen LogP contribution in [0.4, 0.5) is 5.82 Å². The van der Waals surface area contributed by atoms with Crippen molar-refractivity contribution in [1.29, 1.82) is 0 Å². The largest absolute Gasteiger partial charge is 0.361 e. The van der Waals surface area contributed by atoms with Gasteiger partial charge in [-0.1, -0.05) is 32.8 Å². The maximum absolute atomic E-state index is 12.9. The Morgan fingerprint density at radius 2 is 2.12 bits per heavy atom. The summed E-state index contributed by atoms with van der Waals surface area (Å²) in [6.45, 7) is 8.62. The zero-order valence-electron chi connectivity index (χ0n) is 15.6. The van der Waals surface area contributed by atoms with Gasteiger partial charge in [0.05, 0.1) is 29.0 Å². The Balaban J connectivity index is 1.92. The van der Waals surface area contributed by atoms with E-state index in [2.05, 4.69) is 43.1 Å². The molecule has 0 radical (unpaired) electrons. The molecule has 5 heteroatoms. The first-order valence-electron chi connectivity index (χ1n) is 9.25. The van der Waals surface area contributed by atoms with E-state index in [1.165, 1.54) is 0 Å². The quantitative estimate of drug-likeness (QED) is 0.782. The Hall–Kier alpha value is -2.17. The highest BCUT2D eigenvalue weighted by Gasteiger charge is 2.37. The van der Waals surface area contributed by atoms with Crippen LogP contribution in [0.1, 0.15) is 75.5 Å².